The van der Waals surface area contributed by atoms with E-state index in [1.165, 1.54) is 15.4 Å². The van der Waals surface area contributed by atoms with E-state index < -0.39 is 10.2 Å². The number of amides is 1. The molecule has 0 bridgehead atoms. The van der Waals surface area contributed by atoms with E-state index in [1.807, 2.05) is 32.0 Å². The van der Waals surface area contributed by atoms with Crippen molar-refractivity contribution in [3.8, 4) is 0 Å². The minimum Gasteiger partial charge on any atom is -0.340 e. The number of hydrogen-bond donors (Lipinski definition) is 1. The maximum atomic E-state index is 12.2. The summed E-state index contributed by atoms with van der Waals surface area (Å²) in [5.41, 5.74) is 3.35. The minimum absolute atomic E-state index is 0.0207. The Morgan fingerprint density at radius 3 is 2.29 bits per heavy atom. The summed E-state index contributed by atoms with van der Waals surface area (Å²) in [6.45, 7) is 5.36. The molecule has 2 N–H and O–H groups in total. The summed E-state index contributed by atoms with van der Waals surface area (Å²) in [6.07, 6.45) is 0.344. The van der Waals surface area contributed by atoms with Gasteiger partial charge < -0.3 is 4.90 Å². The lowest BCUT2D eigenvalue weighted by Crippen LogP contribution is -2.52. The molecule has 21 heavy (non-hydrogen) atoms. The first-order valence-corrected chi connectivity index (χ1v) is 8.39. The molecule has 0 radical (unpaired) electrons. The molecule has 0 spiro atoms. The molecule has 7 heteroatoms. The summed E-state index contributed by atoms with van der Waals surface area (Å²) in [5, 5.41) is 5.08. The Kier molecular flexibility index (Phi) is 4.65. The molecule has 0 atom stereocenters. The first kappa shape index (κ1) is 15.9. The third-order valence-electron chi connectivity index (χ3n) is 3.88. The predicted molar refractivity (Wildman–Crippen MR) is 80.9 cm³/mol. The average molecular weight is 311 g/mol. The SMILES string of the molecule is Cc1ccc(CC(=O)N2CCN(S(N)(=O)=O)CC2)cc1C. The maximum absolute atomic E-state index is 12.2. The molecule has 1 aromatic rings. The highest BCUT2D eigenvalue weighted by atomic mass is 32.2. The molecular formula is C14H21N3O3S. The summed E-state index contributed by atoms with van der Waals surface area (Å²) in [6, 6.07) is 5.99. The van der Waals surface area contributed by atoms with Crippen LogP contribution in [0.15, 0.2) is 18.2 Å². The molecule has 2 rings (SSSR count). The fourth-order valence-electron chi connectivity index (χ4n) is 2.39. The molecule has 1 fully saturated rings. The highest BCUT2D eigenvalue weighted by Crippen LogP contribution is 2.12. The lowest BCUT2D eigenvalue weighted by molar-refractivity contribution is -0.131. The van der Waals surface area contributed by atoms with Crippen LogP contribution in [0.3, 0.4) is 0 Å². The molecule has 1 aliphatic heterocycles. The summed E-state index contributed by atoms with van der Waals surface area (Å²) in [4.78, 5) is 13.9. The van der Waals surface area contributed by atoms with E-state index in [9.17, 15) is 13.2 Å². The normalized spacial score (nSPS) is 17.0. The average Bonchev–Trinajstić information content (AvgIpc) is 2.42. The number of hydrogen-bond acceptors (Lipinski definition) is 3. The van der Waals surface area contributed by atoms with Gasteiger partial charge >= 0.3 is 0 Å². The van der Waals surface area contributed by atoms with Gasteiger partial charge in [0.05, 0.1) is 6.42 Å². The van der Waals surface area contributed by atoms with Crippen molar-refractivity contribution < 1.29 is 13.2 Å². The Labute approximate surface area is 125 Å². The van der Waals surface area contributed by atoms with Crippen molar-refractivity contribution in [3.05, 3.63) is 34.9 Å². The lowest BCUT2D eigenvalue weighted by atomic mass is 10.0. The van der Waals surface area contributed by atoms with Crippen LogP contribution in [0.4, 0.5) is 0 Å². The van der Waals surface area contributed by atoms with E-state index >= 15 is 0 Å². The number of benzene rings is 1. The van der Waals surface area contributed by atoms with Gasteiger partial charge in [-0.1, -0.05) is 18.2 Å². The monoisotopic (exact) mass is 311 g/mol. The zero-order valence-corrected chi connectivity index (χ0v) is 13.2. The van der Waals surface area contributed by atoms with Crippen molar-refractivity contribution in [2.75, 3.05) is 26.2 Å². The Morgan fingerprint density at radius 2 is 1.76 bits per heavy atom. The predicted octanol–water partition coefficient (Wildman–Crippen LogP) is 0.194. The Hall–Kier alpha value is -1.44. The van der Waals surface area contributed by atoms with Crippen molar-refractivity contribution in [3.63, 3.8) is 0 Å². The van der Waals surface area contributed by atoms with Crippen molar-refractivity contribution >= 4 is 16.1 Å². The first-order valence-electron chi connectivity index (χ1n) is 6.89. The standard InChI is InChI=1S/C14H21N3O3S/c1-11-3-4-13(9-12(11)2)10-14(18)16-5-7-17(8-6-16)21(15,19)20/h3-4,9H,5-8,10H2,1-2H3,(H2,15,19,20). The van der Waals surface area contributed by atoms with Gasteiger partial charge in [0.15, 0.2) is 0 Å². The lowest BCUT2D eigenvalue weighted by Gasteiger charge is -2.33. The van der Waals surface area contributed by atoms with Crippen LogP contribution in [0, 0.1) is 13.8 Å². The van der Waals surface area contributed by atoms with Gasteiger partial charge in [-0.15, -0.1) is 0 Å². The molecule has 1 aliphatic rings. The van der Waals surface area contributed by atoms with Crippen LogP contribution in [-0.4, -0.2) is 49.7 Å². The molecular weight excluding hydrogens is 290 g/mol. The molecule has 1 saturated heterocycles. The third kappa shape index (κ3) is 4.03. The number of aryl methyl sites for hydroxylation is 2. The van der Waals surface area contributed by atoms with Crippen molar-refractivity contribution in [2.24, 2.45) is 5.14 Å². The molecule has 0 unspecified atom stereocenters. The highest BCUT2D eigenvalue weighted by Gasteiger charge is 2.26. The first-order chi connectivity index (χ1) is 9.77. The largest absolute Gasteiger partial charge is 0.340 e. The second-order valence-electron chi connectivity index (χ2n) is 5.42. The fraction of sp³-hybridized carbons (Fsp3) is 0.500. The zero-order valence-electron chi connectivity index (χ0n) is 12.4. The van der Waals surface area contributed by atoms with Gasteiger partial charge in [0, 0.05) is 26.2 Å². The smallest absolute Gasteiger partial charge is 0.277 e. The molecule has 116 valence electrons. The van der Waals surface area contributed by atoms with E-state index in [4.69, 9.17) is 5.14 Å². The van der Waals surface area contributed by atoms with Crippen molar-refractivity contribution in [2.45, 2.75) is 20.3 Å². The molecule has 0 saturated carbocycles. The highest BCUT2D eigenvalue weighted by molar-refractivity contribution is 7.86. The third-order valence-corrected chi connectivity index (χ3v) is 4.96. The Bertz CT molecular complexity index is 635. The van der Waals surface area contributed by atoms with E-state index in [0.717, 1.165) is 5.56 Å². The van der Waals surface area contributed by atoms with Crippen LogP contribution in [0.5, 0.6) is 0 Å². The minimum atomic E-state index is -3.65. The topological polar surface area (TPSA) is 83.7 Å². The Morgan fingerprint density at radius 1 is 1.14 bits per heavy atom. The molecule has 0 aliphatic carbocycles. The van der Waals surface area contributed by atoms with Gasteiger partial charge in [0.25, 0.3) is 10.2 Å². The molecule has 1 aromatic carbocycles. The van der Waals surface area contributed by atoms with Crippen LogP contribution < -0.4 is 5.14 Å². The Balaban J connectivity index is 1.95. The number of piperazine rings is 1. The zero-order chi connectivity index (χ0) is 15.6. The molecule has 1 heterocycles. The van der Waals surface area contributed by atoms with Crippen LogP contribution >= 0.6 is 0 Å². The van der Waals surface area contributed by atoms with Crippen molar-refractivity contribution in [1.29, 1.82) is 0 Å². The van der Waals surface area contributed by atoms with Gasteiger partial charge in [-0.25, -0.2) is 5.14 Å². The van der Waals surface area contributed by atoms with E-state index in [1.54, 1.807) is 4.90 Å². The summed E-state index contributed by atoms with van der Waals surface area (Å²) >= 11 is 0. The van der Waals surface area contributed by atoms with Crippen LogP contribution in [0.2, 0.25) is 0 Å². The van der Waals surface area contributed by atoms with Gasteiger partial charge in [-0.05, 0) is 30.5 Å². The van der Waals surface area contributed by atoms with Crippen LogP contribution in [0.25, 0.3) is 0 Å². The molecule has 1 amide bonds. The van der Waals surface area contributed by atoms with E-state index in [0.29, 0.717) is 19.5 Å². The number of nitrogens with two attached hydrogens (primary N) is 1. The van der Waals surface area contributed by atoms with E-state index in [2.05, 4.69) is 0 Å². The number of nitrogens with zero attached hydrogens (tertiary/aromatic N) is 2. The van der Waals surface area contributed by atoms with Gasteiger partial charge in [-0.3, -0.25) is 4.79 Å². The summed E-state index contributed by atoms with van der Waals surface area (Å²) < 4.78 is 23.6. The number of carbonyl (C=O) groups is 1. The van der Waals surface area contributed by atoms with Gasteiger partial charge in [0.1, 0.15) is 0 Å². The number of rotatable bonds is 3. The quantitative estimate of drug-likeness (QED) is 0.865. The second kappa shape index (κ2) is 6.13. The number of carbonyl (C=O) groups excluding carboxylic acids is 1. The molecule has 0 aromatic heterocycles. The second-order valence-corrected chi connectivity index (χ2v) is 6.97. The summed E-state index contributed by atoms with van der Waals surface area (Å²) in [7, 11) is -3.65. The molecule has 6 nitrogen and oxygen atoms in total. The van der Waals surface area contributed by atoms with E-state index in [-0.39, 0.29) is 19.0 Å². The van der Waals surface area contributed by atoms with Gasteiger partial charge in [-0.2, -0.15) is 12.7 Å². The van der Waals surface area contributed by atoms with Crippen LogP contribution in [0.1, 0.15) is 16.7 Å². The fourth-order valence-corrected chi connectivity index (χ4v) is 3.06. The maximum Gasteiger partial charge on any atom is 0.277 e. The van der Waals surface area contributed by atoms with Crippen molar-refractivity contribution in [1.82, 2.24) is 9.21 Å². The van der Waals surface area contributed by atoms with Crippen LogP contribution in [-0.2, 0) is 21.4 Å². The summed E-state index contributed by atoms with van der Waals surface area (Å²) in [5.74, 6) is 0.0207. The van der Waals surface area contributed by atoms with Gasteiger partial charge in [0.2, 0.25) is 5.91 Å².